The van der Waals surface area contributed by atoms with Crippen molar-refractivity contribution in [2.45, 2.75) is 13.1 Å². The Balaban J connectivity index is 2.32. The van der Waals surface area contributed by atoms with E-state index in [0.29, 0.717) is 5.30 Å². The van der Waals surface area contributed by atoms with Crippen LogP contribution in [-0.4, -0.2) is 4.89 Å². The Hall–Kier alpha value is -1.37. The summed E-state index contributed by atoms with van der Waals surface area (Å²) in [7, 11) is -3.30. The van der Waals surface area contributed by atoms with Crippen molar-refractivity contribution in [1.82, 2.24) is 0 Å². The van der Waals surface area contributed by atoms with Gasteiger partial charge in [0.2, 0.25) is 7.37 Å². The molecule has 0 saturated carbocycles. The molecule has 2 aromatic rings. The highest BCUT2D eigenvalue weighted by molar-refractivity contribution is 7.65. The molecule has 1 N–H and O–H groups in total. The average Bonchev–Trinajstić information content (AvgIpc) is 2.30. The van der Waals surface area contributed by atoms with Crippen LogP contribution in [0.25, 0.3) is 0 Å². The Morgan fingerprint density at radius 1 is 1.00 bits per heavy atom. The van der Waals surface area contributed by atoms with Crippen LogP contribution in [0.3, 0.4) is 0 Å². The molecule has 0 bridgehead atoms. The van der Waals surface area contributed by atoms with Gasteiger partial charge in [0.25, 0.3) is 0 Å². The third-order valence-corrected chi connectivity index (χ3v) is 4.78. The molecule has 1 atom stereocenters. The van der Waals surface area contributed by atoms with Crippen molar-refractivity contribution in [3.8, 4) is 0 Å². The molecule has 2 nitrogen and oxygen atoms in total. The van der Waals surface area contributed by atoms with Crippen LogP contribution >= 0.6 is 7.37 Å². The van der Waals surface area contributed by atoms with Crippen LogP contribution in [0.4, 0.5) is 0 Å². The summed E-state index contributed by atoms with van der Waals surface area (Å²) in [5.74, 6) is 0. The van der Waals surface area contributed by atoms with E-state index in [1.165, 1.54) is 0 Å². The average molecular weight is 246 g/mol. The summed E-state index contributed by atoms with van der Waals surface area (Å²) in [5, 5.41) is 0.559. The van der Waals surface area contributed by atoms with Gasteiger partial charge in [-0.05, 0) is 24.1 Å². The summed E-state index contributed by atoms with van der Waals surface area (Å²) in [5.41, 5.74) is 1.76. The van der Waals surface area contributed by atoms with Crippen molar-refractivity contribution in [3.63, 3.8) is 0 Å². The molecule has 0 spiro atoms. The van der Waals surface area contributed by atoms with E-state index >= 15 is 0 Å². The normalized spacial score (nSPS) is 14.2. The molecular weight excluding hydrogens is 231 g/mol. The number of hydrogen-bond acceptors (Lipinski definition) is 1. The van der Waals surface area contributed by atoms with Gasteiger partial charge in [0.15, 0.2) is 0 Å². The molecule has 0 radical (unpaired) electrons. The van der Waals surface area contributed by atoms with E-state index in [4.69, 9.17) is 0 Å². The van der Waals surface area contributed by atoms with E-state index < -0.39 is 7.37 Å². The highest BCUT2D eigenvalue weighted by Crippen LogP contribution is 2.43. The van der Waals surface area contributed by atoms with Gasteiger partial charge in [-0.15, -0.1) is 0 Å². The minimum absolute atomic E-state index is 0.193. The lowest BCUT2D eigenvalue weighted by Crippen LogP contribution is -2.09. The summed E-state index contributed by atoms with van der Waals surface area (Å²) in [6.45, 7) is 1.86. The van der Waals surface area contributed by atoms with Crippen LogP contribution in [0.2, 0.25) is 0 Å². The molecule has 0 amide bonds. The highest BCUT2D eigenvalue weighted by atomic mass is 31.2. The van der Waals surface area contributed by atoms with Crippen LogP contribution in [0.1, 0.15) is 11.1 Å². The Morgan fingerprint density at radius 3 is 2.24 bits per heavy atom. The molecule has 2 rings (SSSR count). The van der Waals surface area contributed by atoms with Crippen LogP contribution in [-0.2, 0) is 10.7 Å². The van der Waals surface area contributed by atoms with E-state index in [2.05, 4.69) is 0 Å². The minimum Gasteiger partial charge on any atom is -0.341 e. The van der Waals surface area contributed by atoms with Gasteiger partial charge in [0, 0.05) is 5.30 Å². The zero-order valence-corrected chi connectivity index (χ0v) is 10.6. The second-order valence-corrected chi connectivity index (χ2v) is 6.33. The summed E-state index contributed by atoms with van der Waals surface area (Å²) >= 11 is 0. The van der Waals surface area contributed by atoms with Crippen molar-refractivity contribution in [2.24, 2.45) is 0 Å². The zero-order valence-electron chi connectivity index (χ0n) is 9.71. The second kappa shape index (κ2) is 4.87. The largest absolute Gasteiger partial charge is 0.341 e. The SMILES string of the molecule is Cc1ccccc1P(=O)(O)Cc1ccccc1. The summed E-state index contributed by atoms with van der Waals surface area (Å²) < 4.78 is 12.4. The number of rotatable bonds is 3. The van der Waals surface area contributed by atoms with E-state index in [0.717, 1.165) is 11.1 Å². The topological polar surface area (TPSA) is 37.3 Å². The number of benzene rings is 2. The van der Waals surface area contributed by atoms with Crippen LogP contribution < -0.4 is 5.30 Å². The molecule has 0 heterocycles. The van der Waals surface area contributed by atoms with Crippen LogP contribution in [0.15, 0.2) is 54.6 Å². The molecule has 0 aliphatic carbocycles. The van der Waals surface area contributed by atoms with E-state index in [9.17, 15) is 9.46 Å². The first-order chi connectivity index (χ1) is 8.09. The first-order valence-corrected chi connectivity index (χ1v) is 7.36. The molecule has 2 aromatic carbocycles. The van der Waals surface area contributed by atoms with Crippen LogP contribution in [0, 0.1) is 6.92 Å². The standard InChI is InChI=1S/C14H15O2P/c1-12-7-5-6-10-14(12)17(15,16)11-13-8-3-2-4-9-13/h2-10H,11H2,1H3,(H,15,16). The number of aryl methyl sites for hydroxylation is 1. The number of hydrogen-bond donors (Lipinski definition) is 1. The zero-order chi connectivity index (χ0) is 12.3. The fraction of sp³-hybridized carbons (Fsp3) is 0.143. The molecule has 17 heavy (non-hydrogen) atoms. The minimum atomic E-state index is -3.30. The van der Waals surface area contributed by atoms with Crippen molar-refractivity contribution in [2.75, 3.05) is 0 Å². The predicted molar refractivity (Wildman–Crippen MR) is 70.8 cm³/mol. The quantitative estimate of drug-likeness (QED) is 0.845. The van der Waals surface area contributed by atoms with Gasteiger partial charge >= 0.3 is 0 Å². The molecule has 0 saturated heterocycles. The third kappa shape index (κ3) is 2.85. The maximum absolute atomic E-state index is 12.4. The van der Waals surface area contributed by atoms with Crippen molar-refractivity contribution >= 4 is 12.7 Å². The van der Waals surface area contributed by atoms with Gasteiger partial charge < -0.3 is 4.89 Å². The fourth-order valence-electron chi connectivity index (χ4n) is 1.87. The van der Waals surface area contributed by atoms with Gasteiger partial charge in [0.1, 0.15) is 0 Å². The van der Waals surface area contributed by atoms with E-state index in [1.807, 2.05) is 49.4 Å². The highest BCUT2D eigenvalue weighted by Gasteiger charge is 2.23. The Kier molecular flexibility index (Phi) is 3.46. The predicted octanol–water partition coefficient (Wildman–Crippen LogP) is 3.09. The molecule has 88 valence electrons. The Labute approximate surface area is 101 Å². The van der Waals surface area contributed by atoms with Crippen LogP contribution in [0.5, 0.6) is 0 Å². The van der Waals surface area contributed by atoms with Crippen molar-refractivity contribution in [1.29, 1.82) is 0 Å². The van der Waals surface area contributed by atoms with E-state index in [-0.39, 0.29) is 6.16 Å². The van der Waals surface area contributed by atoms with Gasteiger partial charge in [-0.2, -0.15) is 0 Å². The first-order valence-electron chi connectivity index (χ1n) is 5.51. The van der Waals surface area contributed by atoms with Crippen molar-refractivity contribution < 1.29 is 9.46 Å². The van der Waals surface area contributed by atoms with Gasteiger partial charge in [-0.3, -0.25) is 4.57 Å². The van der Waals surface area contributed by atoms with Gasteiger partial charge in [0.05, 0.1) is 6.16 Å². The van der Waals surface area contributed by atoms with Gasteiger partial charge in [-0.25, -0.2) is 0 Å². The summed E-state index contributed by atoms with van der Waals surface area (Å²) in [6.07, 6.45) is 0.193. The Morgan fingerprint density at radius 2 is 1.59 bits per heavy atom. The smallest absolute Gasteiger partial charge is 0.234 e. The molecule has 3 heteroatoms. The summed E-state index contributed by atoms with van der Waals surface area (Å²) in [4.78, 5) is 10.2. The third-order valence-electron chi connectivity index (χ3n) is 2.73. The lowest BCUT2D eigenvalue weighted by Gasteiger charge is -2.14. The molecule has 0 fully saturated rings. The molecule has 0 aliphatic rings. The molecule has 1 unspecified atom stereocenters. The van der Waals surface area contributed by atoms with Gasteiger partial charge in [-0.1, -0.05) is 48.5 Å². The lowest BCUT2D eigenvalue weighted by molar-refractivity contribution is 0.488. The Bertz CT molecular complexity index is 549. The summed E-state index contributed by atoms with van der Waals surface area (Å²) in [6, 6.07) is 16.7. The second-order valence-electron chi connectivity index (χ2n) is 4.13. The maximum atomic E-state index is 12.4. The monoisotopic (exact) mass is 246 g/mol. The maximum Gasteiger partial charge on any atom is 0.234 e. The molecule has 0 aromatic heterocycles. The lowest BCUT2D eigenvalue weighted by atomic mass is 10.2. The van der Waals surface area contributed by atoms with Crippen molar-refractivity contribution in [3.05, 3.63) is 65.7 Å². The molecule has 0 aliphatic heterocycles. The van der Waals surface area contributed by atoms with E-state index in [1.54, 1.807) is 12.1 Å². The molecular formula is C14H15O2P. The fourth-order valence-corrected chi connectivity index (χ4v) is 3.69. The first kappa shape index (κ1) is 12.1.